The van der Waals surface area contributed by atoms with Gasteiger partial charge < -0.3 is 9.47 Å². The van der Waals surface area contributed by atoms with E-state index in [1.807, 2.05) is 44.2 Å². The van der Waals surface area contributed by atoms with Crippen molar-refractivity contribution in [2.45, 2.75) is 26.1 Å². The Bertz CT molecular complexity index is 233. The van der Waals surface area contributed by atoms with E-state index in [1.54, 1.807) is 0 Å². The average molecular weight is 194 g/mol. The van der Waals surface area contributed by atoms with Gasteiger partial charge in [-0.2, -0.15) is 0 Å². The maximum absolute atomic E-state index is 5.65. The quantitative estimate of drug-likeness (QED) is 0.641. The molecule has 0 bridgehead atoms. The van der Waals surface area contributed by atoms with Crippen LogP contribution in [0.25, 0.3) is 0 Å². The lowest BCUT2D eigenvalue weighted by molar-refractivity contribution is -0.196. The molecule has 2 nitrogen and oxygen atoms in total. The first-order valence-electron chi connectivity index (χ1n) is 5.12. The van der Waals surface area contributed by atoms with E-state index in [4.69, 9.17) is 9.47 Å². The fraction of sp³-hybridized carbons (Fsp3) is 0.500. The van der Waals surface area contributed by atoms with E-state index in [-0.39, 0.29) is 0 Å². The molecule has 0 aliphatic heterocycles. The van der Waals surface area contributed by atoms with Gasteiger partial charge in [-0.15, -0.1) is 0 Å². The number of allylic oxidation sites excluding steroid dienone is 4. The van der Waals surface area contributed by atoms with Crippen molar-refractivity contribution in [2.75, 3.05) is 13.2 Å². The third-order valence-corrected chi connectivity index (χ3v) is 2.00. The minimum atomic E-state index is -0.565. The molecule has 0 N–H and O–H groups in total. The van der Waals surface area contributed by atoms with Crippen molar-refractivity contribution in [1.29, 1.82) is 0 Å². The molecule has 0 amide bonds. The van der Waals surface area contributed by atoms with E-state index < -0.39 is 5.79 Å². The lowest BCUT2D eigenvalue weighted by Gasteiger charge is -2.29. The molecule has 2 heteroatoms. The van der Waals surface area contributed by atoms with Crippen LogP contribution < -0.4 is 0 Å². The van der Waals surface area contributed by atoms with Gasteiger partial charge >= 0.3 is 0 Å². The number of hydrogen-bond acceptors (Lipinski definition) is 2. The molecule has 1 rings (SSSR count). The lowest BCUT2D eigenvalue weighted by Crippen LogP contribution is -2.33. The smallest absolute Gasteiger partial charge is 0.191 e. The first kappa shape index (κ1) is 11.2. The molecule has 14 heavy (non-hydrogen) atoms. The zero-order valence-corrected chi connectivity index (χ0v) is 8.90. The van der Waals surface area contributed by atoms with E-state index in [9.17, 15) is 0 Å². The molecule has 0 spiro atoms. The van der Waals surface area contributed by atoms with Crippen LogP contribution in [0.3, 0.4) is 0 Å². The predicted octanol–water partition coefficient (Wildman–Crippen LogP) is 2.83. The van der Waals surface area contributed by atoms with Crippen molar-refractivity contribution in [3.8, 4) is 0 Å². The van der Waals surface area contributed by atoms with Gasteiger partial charge in [0.2, 0.25) is 0 Å². The Hall–Kier alpha value is -0.860. The normalized spacial score (nSPS) is 26.1. The lowest BCUT2D eigenvalue weighted by atomic mass is 10.1. The summed E-state index contributed by atoms with van der Waals surface area (Å²) in [7, 11) is 0. The maximum Gasteiger partial charge on any atom is 0.191 e. The van der Waals surface area contributed by atoms with Gasteiger partial charge in [0.1, 0.15) is 0 Å². The van der Waals surface area contributed by atoms with Crippen LogP contribution in [0.2, 0.25) is 0 Å². The molecule has 1 aliphatic rings. The van der Waals surface area contributed by atoms with E-state index in [1.165, 1.54) is 0 Å². The second-order valence-electron chi connectivity index (χ2n) is 3.05. The Balaban J connectivity index is 2.77. The van der Waals surface area contributed by atoms with E-state index in [0.717, 1.165) is 6.42 Å². The van der Waals surface area contributed by atoms with Gasteiger partial charge in [0.15, 0.2) is 5.79 Å². The summed E-state index contributed by atoms with van der Waals surface area (Å²) in [5.74, 6) is -0.565. The third-order valence-electron chi connectivity index (χ3n) is 2.00. The van der Waals surface area contributed by atoms with E-state index in [2.05, 4.69) is 6.08 Å². The zero-order valence-electron chi connectivity index (χ0n) is 8.90. The van der Waals surface area contributed by atoms with Crippen LogP contribution in [-0.4, -0.2) is 19.0 Å². The molecule has 0 radical (unpaired) electrons. The molecule has 0 aromatic rings. The highest BCUT2D eigenvalue weighted by Gasteiger charge is 2.26. The first-order valence-corrected chi connectivity index (χ1v) is 5.12. The Kier molecular flexibility index (Phi) is 4.63. The van der Waals surface area contributed by atoms with Crippen LogP contribution in [0, 0.1) is 0 Å². The van der Waals surface area contributed by atoms with Crippen LogP contribution in [0.1, 0.15) is 20.3 Å². The average Bonchev–Trinajstić information content (AvgIpc) is 2.12. The standard InChI is InChI=1S/C12H18O2/c1-3-13-12(14-4-2)10-8-6-5-7-9-11-12/h5-10H,3-4,11H2,1-2H3/b6-5-,9-7-,10-8-. The summed E-state index contributed by atoms with van der Waals surface area (Å²) in [6, 6.07) is 0. The van der Waals surface area contributed by atoms with Gasteiger partial charge in [0, 0.05) is 19.6 Å². The summed E-state index contributed by atoms with van der Waals surface area (Å²) >= 11 is 0. The van der Waals surface area contributed by atoms with Crippen LogP contribution in [0.5, 0.6) is 0 Å². The molecular weight excluding hydrogens is 176 g/mol. The number of ether oxygens (including phenoxy) is 2. The fourth-order valence-electron chi connectivity index (χ4n) is 1.45. The summed E-state index contributed by atoms with van der Waals surface area (Å²) in [4.78, 5) is 0. The van der Waals surface area contributed by atoms with Crippen molar-refractivity contribution in [3.63, 3.8) is 0 Å². The third kappa shape index (κ3) is 3.13. The molecule has 0 fully saturated rings. The molecule has 0 saturated carbocycles. The topological polar surface area (TPSA) is 18.5 Å². The maximum atomic E-state index is 5.65. The van der Waals surface area contributed by atoms with Crippen LogP contribution >= 0.6 is 0 Å². The molecule has 0 aromatic heterocycles. The summed E-state index contributed by atoms with van der Waals surface area (Å²) in [5, 5.41) is 0. The SMILES string of the molecule is CCOC1(OCC)\C=C/C=C\C=C/C1. The number of hydrogen-bond donors (Lipinski definition) is 0. The van der Waals surface area contributed by atoms with Crippen LogP contribution in [0.4, 0.5) is 0 Å². The molecular formula is C12H18O2. The van der Waals surface area contributed by atoms with Crippen molar-refractivity contribution in [3.05, 3.63) is 36.5 Å². The molecule has 0 saturated heterocycles. The highest BCUT2D eigenvalue weighted by atomic mass is 16.7. The molecule has 1 aliphatic carbocycles. The monoisotopic (exact) mass is 194 g/mol. The predicted molar refractivity (Wildman–Crippen MR) is 58.0 cm³/mol. The Morgan fingerprint density at radius 2 is 1.64 bits per heavy atom. The largest absolute Gasteiger partial charge is 0.346 e. The molecule has 0 unspecified atom stereocenters. The summed E-state index contributed by atoms with van der Waals surface area (Å²) < 4.78 is 11.3. The summed E-state index contributed by atoms with van der Waals surface area (Å²) in [6.45, 7) is 5.27. The van der Waals surface area contributed by atoms with Gasteiger partial charge in [0.25, 0.3) is 0 Å². The highest BCUT2D eigenvalue weighted by Crippen LogP contribution is 2.22. The van der Waals surface area contributed by atoms with Crippen molar-refractivity contribution >= 4 is 0 Å². The van der Waals surface area contributed by atoms with E-state index >= 15 is 0 Å². The molecule has 0 heterocycles. The molecule has 0 atom stereocenters. The minimum Gasteiger partial charge on any atom is -0.346 e. The van der Waals surface area contributed by atoms with E-state index in [0.29, 0.717) is 13.2 Å². The van der Waals surface area contributed by atoms with Crippen LogP contribution in [-0.2, 0) is 9.47 Å². The van der Waals surface area contributed by atoms with Crippen molar-refractivity contribution < 1.29 is 9.47 Å². The highest BCUT2D eigenvalue weighted by molar-refractivity contribution is 5.18. The minimum absolute atomic E-state index is 0.565. The zero-order chi connectivity index (χ0) is 10.3. The Labute approximate surface area is 85.9 Å². The number of rotatable bonds is 4. The Morgan fingerprint density at radius 1 is 1.00 bits per heavy atom. The van der Waals surface area contributed by atoms with Gasteiger partial charge in [0.05, 0.1) is 0 Å². The summed E-state index contributed by atoms with van der Waals surface area (Å²) in [6.07, 6.45) is 12.7. The second kappa shape index (κ2) is 5.78. The second-order valence-corrected chi connectivity index (χ2v) is 3.05. The van der Waals surface area contributed by atoms with Gasteiger partial charge in [-0.05, 0) is 19.9 Å². The fourth-order valence-corrected chi connectivity index (χ4v) is 1.45. The van der Waals surface area contributed by atoms with Crippen molar-refractivity contribution in [2.24, 2.45) is 0 Å². The molecule has 78 valence electrons. The molecule has 0 aromatic carbocycles. The summed E-state index contributed by atoms with van der Waals surface area (Å²) in [5.41, 5.74) is 0. The Morgan fingerprint density at radius 3 is 2.29 bits per heavy atom. The van der Waals surface area contributed by atoms with Gasteiger partial charge in [-0.25, -0.2) is 0 Å². The van der Waals surface area contributed by atoms with Crippen molar-refractivity contribution in [1.82, 2.24) is 0 Å². The van der Waals surface area contributed by atoms with Crippen LogP contribution in [0.15, 0.2) is 36.5 Å². The van der Waals surface area contributed by atoms with Gasteiger partial charge in [-0.3, -0.25) is 0 Å². The van der Waals surface area contributed by atoms with Gasteiger partial charge in [-0.1, -0.05) is 30.4 Å². The first-order chi connectivity index (χ1) is 6.83.